The number of rotatable bonds is 4. The molecule has 1 aromatic heterocycles. The fourth-order valence-electron chi connectivity index (χ4n) is 3.00. The van der Waals surface area contributed by atoms with Crippen LogP contribution in [0.15, 0.2) is 41.0 Å². The summed E-state index contributed by atoms with van der Waals surface area (Å²) < 4.78 is 43.6. The highest BCUT2D eigenvalue weighted by atomic mass is 19.4. The van der Waals surface area contributed by atoms with Crippen molar-refractivity contribution < 1.29 is 22.4 Å². The summed E-state index contributed by atoms with van der Waals surface area (Å²) in [5, 5.41) is 0. The Kier molecular flexibility index (Phi) is 5.33. The van der Waals surface area contributed by atoms with Gasteiger partial charge in [-0.25, -0.2) is 0 Å². The van der Waals surface area contributed by atoms with E-state index in [2.05, 4.69) is 0 Å². The molecular weight excluding hydrogens is 347 g/mol. The van der Waals surface area contributed by atoms with Crippen LogP contribution in [-0.4, -0.2) is 41.9 Å². The Hall–Kier alpha value is -2.32. The quantitative estimate of drug-likeness (QED) is 0.903. The number of nitrogens with two attached hydrogens (primary N) is 1. The molecule has 8 heteroatoms. The smallest absolute Gasteiger partial charge is 0.416 e. The molecule has 2 N–H and O–H groups in total. The second-order valence-electron chi connectivity index (χ2n) is 6.27. The lowest BCUT2D eigenvalue weighted by atomic mass is 10.1. The summed E-state index contributed by atoms with van der Waals surface area (Å²) in [6.07, 6.45) is -2.94. The van der Waals surface area contributed by atoms with E-state index in [0.717, 1.165) is 6.07 Å². The molecule has 0 atom stereocenters. The molecule has 2 heterocycles. The highest BCUT2D eigenvalue weighted by molar-refractivity contribution is 5.94. The molecule has 1 fully saturated rings. The van der Waals surface area contributed by atoms with Crippen LogP contribution in [-0.2, 0) is 19.3 Å². The second kappa shape index (κ2) is 7.51. The SMILES string of the molecule is NCc1cc(C(=O)N2CCN(Cc3cccc(C(F)(F)F)c3)CC2)co1. The number of piperazine rings is 1. The van der Waals surface area contributed by atoms with Gasteiger partial charge in [-0.2, -0.15) is 13.2 Å². The maximum atomic E-state index is 12.8. The van der Waals surface area contributed by atoms with Crippen LogP contribution in [0, 0.1) is 0 Å². The summed E-state index contributed by atoms with van der Waals surface area (Å²) in [6.45, 7) is 2.89. The minimum atomic E-state index is -4.34. The molecule has 0 radical (unpaired) electrons. The largest absolute Gasteiger partial charge is 0.467 e. The molecule has 0 spiro atoms. The number of hydrogen-bond acceptors (Lipinski definition) is 4. The molecule has 1 saturated heterocycles. The van der Waals surface area contributed by atoms with Gasteiger partial charge in [-0.1, -0.05) is 18.2 Å². The van der Waals surface area contributed by atoms with Crippen LogP contribution in [0.3, 0.4) is 0 Å². The molecular formula is C18H20F3N3O2. The lowest BCUT2D eigenvalue weighted by Crippen LogP contribution is -2.48. The standard InChI is InChI=1S/C18H20F3N3O2/c19-18(20,21)15-3-1-2-13(8-15)11-23-4-6-24(7-5-23)17(25)14-9-16(10-22)26-12-14/h1-3,8-9,12H,4-7,10-11,22H2. The Morgan fingerprint density at radius 3 is 2.50 bits per heavy atom. The van der Waals surface area contributed by atoms with Crippen molar-refractivity contribution in [3.8, 4) is 0 Å². The maximum absolute atomic E-state index is 12.8. The number of hydrogen-bond donors (Lipinski definition) is 1. The molecule has 2 aromatic rings. The van der Waals surface area contributed by atoms with Crippen molar-refractivity contribution in [1.29, 1.82) is 0 Å². The van der Waals surface area contributed by atoms with Crippen LogP contribution in [0.4, 0.5) is 13.2 Å². The molecule has 0 aliphatic carbocycles. The number of alkyl halides is 3. The molecule has 0 unspecified atom stereocenters. The van der Waals surface area contributed by atoms with Crippen molar-refractivity contribution in [1.82, 2.24) is 9.80 Å². The van der Waals surface area contributed by atoms with Crippen LogP contribution >= 0.6 is 0 Å². The molecule has 1 aliphatic heterocycles. The summed E-state index contributed by atoms with van der Waals surface area (Å²) in [7, 11) is 0. The van der Waals surface area contributed by atoms with E-state index in [9.17, 15) is 18.0 Å². The van der Waals surface area contributed by atoms with Gasteiger partial charge in [0.15, 0.2) is 0 Å². The van der Waals surface area contributed by atoms with E-state index in [1.54, 1.807) is 17.0 Å². The zero-order valence-corrected chi connectivity index (χ0v) is 14.1. The van der Waals surface area contributed by atoms with E-state index in [-0.39, 0.29) is 12.5 Å². The van der Waals surface area contributed by atoms with Crippen LogP contribution in [0.2, 0.25) is 0 Å². The molecule has 1 amide bonds. The molecule has 0 bridgehead atoms. The van der Waals surface area contributed by atoms with Crippen molar-refractivity contribution in [3.63, 3.8) is 0 Å². The lowest BCUT2D eigenvalue weighted by Gasteiger charge is -2.34. The Bertz CT molecular complexity index is 765. The Labute approximate surface area is 149 Å². The third kappa shape index (κ3) is 4.25. The van der Waals surface area contributed by atoms with E-state index in [0.29, 0.717) is 49.6 Å². The van der Waals surface area contributed by atoms with Gasteiger partial charge in [0.25, 0.3) is 5.91 Å². The molecule has 140 valence electrons. The zero-order valence-electron chi connectivity index (χ0n) is 14.1. The molecule has 1 aromatic carbocycles. The minimum Gasteiger partial charge on any atom is -0.467 e. The van der Waals surface area contributed by atoms with Gasteiger partial charge in [-0.15, -0.1) is 0 Å². The van der Waals surface area contributed by atoms with E-state index in [1.165, 1.54) is 18.4 Å². The van der Waals surface area contributed by atoms with Gasteiger partial charge in [0.1, 0.15) is 12.0 Å². The monoisotopic (exact) mass is 367 g/mol. The van der Waals surface area contributed by atoms with Gasteiger partial charge < -0.3 is 15.1 Å². The fraction of sp³-hybridized carbons (Fsp3) is 0.389. The first-order chi connectivity index (χ1) is 12.4. The number of carbonyl (C=O) groups is 1. The van der Waals surface area contributed by atoms with Crippen LogP contribution in [0.5, 0.6) is 0 Å². The van der Waals surface area contributed by atoms with E-state index in [4.69, 9.17) is 10.2 Å². The average Bonchev–Trinajstić information content (AvgIpc) is 3.10. The number of amides is 1. The predicted molar refractivity (Wildman–Crippen MR) is 89.2 cm³/mol. The van der Waals surface area contributed by atoms with Crippen LogP contribution in [0.1, 0.15) is 27.2 Å². The van der Waals surface area contributed by atoms with E-state index >= 15 is 0 Å². The highest BCUT2D eigenvalue weighted by Crippen LogP contribution is 2.29. The third-order valence-electron chi connectivity index (χ3n) is 4.42. The first-order valence-corrected chi connectivity index (χ1v) is 8.32. The van der Waals surface area contributed by atoms with Crippen molar-refractivity contribution >= 4 is 5.91 Å². The van der Waals surface area contributed by atoms with Crippen molar-refractivity contribution in [2.45, 2.75) is 19.3 Å². The minimum absolute atomic E-state index is 0.118. The van der Waals surface area contributed by atoms with Gasteiger partial charge >= 0.3 is 6.18 Å². The summed E-state index contributed by atoms with van der Waals surface area (Å²) in [5.41, 5.74) is 5.92. The van der Waals surface area contributed by atoms with Gasteiger partial charge in [0.2, 0.25) is 0 Å². The number of halogens is 3. The molecule has 1 aliphatic rings. The summed E-state index contributed by atoms with van der Waals surface area (Å²) in [5.74, 6) is 0.434. The maximum Gasteiger partial charge on any atom is 0.416 e. The second-order valence-corrected chi connectivity index (χ2v) is 6.27. The van der Waals surface area contributed by atoms with E-state index < -0.39 is 11.7 Å². The van der Waals surface area contributed by atoms with Gasteiger partial charge in [-0.3, -0.25) is 9.69 Å². The highest BCUT2D eigenvalue weighted by Gasteiger charge is 2.30. The van der Waals surface area contributed by atoms with Crippen molar-refractivity contribution in [2.24, 2.45) is 5.73 Å². The molecule has 0 saturated carbocycles. The van der Waals surface area contributed by atoms with Crippen molar-refractivity contribution in [2.75, 3.05) is 26.2 Å². The van der Waals surface area contributed by atoms with Gasteiger partial charge in [0.05, 0.1) is 17.7 Å². The fourth-order valence-corrected chi connectivity index (χ4v) is 3.00. The van der Waals surface area contributed by atoms with Crippen LogP contribution < -0.4 is 5.73 Å². The first kappa shape index (κ1) is 18.5. The number of furan rings is 1. The summed E-state index contributed by atoms with van der Waals surface area (Å²) in [6, 6.07) is 6.99. The topological polar surface area (TPSA) is 62.7 Å². The summed E-state index contributed by atoms with van der Waals surface area (Å²) in [4.78, 5) is 16.2. The first-order valence-electron chi connectivity index (χ1n) is 8.32. The average molecular weight is 367 g/mol. The Balaban J connectivity index is 1.56. The van der Waals surface area contributed by atoms with Gasteiger partial charge in [-0.05, 0) is 17.7 Å². The van der Waals surface area contributed by atoms with Crippen LogP contribution in [0.25, 0.3) is 0 Å². The molecule has 3 rings (SSSR count). The lowest BCUT2D eigenvalue weighted by molar-refractivity contribution is -0.137. The summed E-state index contributed by atoms with van der Waals surface area (Å²) >= 11 is 0. The Morgan fingerprint density at radius 2 is 1.88 bits per heavy atom. The van der Waals surface area contributed by atoms with E-state index in [1.807, 2.05) is 4.90 Å². The zero-order chi connectivity index (χ0) is 18.7. The predicted octanol–water partition coefficient (Wildman–Crippen LogP) is 2.72. The molecule has 26 heavy (non-hydrogen) atoms. The Morgan fingerprint density at radius 1 is 1.15 bits per heavy atom. The number of benzene rings is 1. The number of nitrogens with zero attached hydrogens (tertiary/aromatic N) is 2. The number of carbonyl (C=O) groups excluding carboxylic acids is 1. The van der Waals surface area contributed by atoms with Gasteiger partial charge in [0, 0.05) is 32.7 Å². The molecule has 5 nitrogen and oxygen atoms in total. The normalized spacial score (nSPS) is 16.1. The van der Waals surface area contributed by atoms with Crippen molar-refractivity contribution in [3.05, 3.63) is 59.0 Å². The third-order valence-corrected chi connectivity index (χ3v) is 4.42.